The molecule has 120 valence electrons. The molecule has 3 N–H and O–H groups in total. The fourth-order valence-corrected chi connectivity index (χ4v) is 2.90. The monoisotopic (exact) mass is 357 g/mol. The number of benzene rings is 1. The number of nitrogens with one attached hydrogen (secondary N) is 3. The van der Waals surface area contributed by atoms with Crippen LogP contribution in [-0.4, -0.2) is 21.7 Å². The summed E-state index contributed by atoms with van der Waals surface area (Å²) in [5.41, 5.74) is 3.13. The van der Waals surface area contributed by atoms with Gasteiger partial charge in [0.2, 0.25) is 0 Å². The van der Waals surface area contributed by atoms with Gasteiger partial charge >= 0.3 is 0 Å². The second-order valence-corrected chi connectivity index (χ2v) is 6.20. The molecule has 3 heterocycles. The number of rotatable bonds is 3. The van der Waals surface area contributed by atoms with Crippen LogP contribution in [0.2, 0.25) is 5.02 Å². The fraction of sp³-hybridized carbons (Fsp3) is 0.0588. The van der Waals surface area contributed by atoms with Gasteiger partial charge in [-0.1, -0.05) is 35.3 Å². The summed E-state index contributed by atoms with van der Waals surface area (Å²) in [5, 5.41) is 7.12. The summed E-state index contributed by atoms with van der Waals surface area (Å²) in [6.45, 7) is 0. The van der Waals surface area contributed by atoms with Crippen molar-refractivity contribution in [3.05, 3.63) is 53.7 Å². The van der Waals surface area contributed by atoms with Crippen LogP contribution >= 0.6 is 23.2 Å². The maximum absolute atomic E-state index is 6.09. The van der Waals surface area contributed by atoms with Crippen molar-refractivity contribution in [1.29, 1.82) is 0 Å². The second kappa shape index (κ2) is 6.19. The van der Waals surface area contributed by atoms with Gasteiger partial charge in [0, 0.05) is 28.7 Å². The van der Waals surface area contributed by atoms with Gasteiger partial charge in [0.1, 0.15) is 11.3 Å². The summed E-state index contributed by atoms with van der Waals surface area (Å²) in [4.78, 5) is 12.1. The molecule has 1 aliphatic heterocycles. The molecule has 0 bridgehead atoms. The van der Waals surface area contributed by atoms with Crippen LogP contribution < -0.4 is 10.6 Å². The predicted octanol–water partition coefficient (Wildman–Crippen LogP) is 5.17. The van der Waals surface area contributed by atoms with Gasteiger partial charge in [0.05, 0.1) is 11.4 Å². The summed E-state index contributed by atoms with van der Waals surface area (Å²) in [6.07, 6.45) is 3.52. The van der Waals surface area contributed by atoms with Crippen LogP contribution in [0.5, 0.6) is 0 Å². The Hall–Kier alpha value is -2.50. The minimum Gasteiger partial charge on any atom is -0.361 e. The molecule has 3 aromatic rings. The van der Waals surface area contributed by atoms with E-state index in [9.17, 15) is 0 Å². The average molecular weight is 358 g/mol. The van der Waals surface area contributed by atoms with Crippen molar-refractivity contribution in [3.8, 4) is 11.3 Å². The van der Waals surface area contributed by atoms with Crippen LogP contribution in [0, 0.1) is 0 Å². The third-order valence-corrected chi connectivity index (χ3v) is 4.06. The zero-order valence-corrected chi connectivity index (χ0v) is 13.9. The largest absolute Gasteiger partial charge is 0.361 e. The number of anilines is 3. The molecular weight excluding hydrogens is 345 g/mol. The highest BCUT2D eigenvalue weighted by Crippen LogP contribution is 2.37. The first-order valence-corrected chi connectivity index (χ1v) is 8.17. The van der Waals surface area contributed by atoms with Crippen molar-refractivity contribution in [3.63, 3.8) is 0 Å². The molecule has 24 heavy (non-hydrogen) atoms. The van der Waals surface area contributed by atoms with Crippen molar-refractivity contribution in [1.82, 2.24) is 9.97 Å². The fourth-order valence-electron chi connectivity index (χ4n) is 2.55. The van der Waals surface area contributed by atoms with E-state index in [1.165, 1.54) is 0 Å². The Balaban J connectivity index is 1.66. The molecule has 7 heteroatoms. The van der Waals surface area contributed by atoms with E-state index in [-0.39, 0.29) is 5.50 Å². The SMILES string of the molecule is Clc1cccc(Nc2cccc(-c3c[nH]c4c3NC(Cl)C=N4)n2)c1. The van der Waals surface area contributed by atoms with Gasteiger partial charge in [-0.05, 0) is 30.3 Å². The van der Waals surface area contributed by atoms with E-state index in [0.29, 0.717) is 5.02 Å². The molecule has 1 unspecified atom stereocenters. The number of alkyl halides is 1. The number of aromatic nitrogens is 2. The Morgan fingerprint density at radius 1 is 1.12 bits per heavy atom. The number of aliphatic imine (C=N–C) groups is 1. The second-order valence-electron chi connectivity index (χ2n) is 5.29. The Morgan fingerprint density at radius 2 is 2.00 bits per heavy atom. The molecule has 4 rings (SSSR count). The van der Waals surface area contributed by atoms with Crippen molar-refractivity contribution in [2.75, 3.05) is 10.6 Å². The Labute approximate surface area is 148 Å². The van der Waals surface area contributed by atoms with Gasteiger partial charge in [-0.3, -0.25) is 0 Å². The van der Waals surface area contributed by atoms with Gasteiger partial charge in [0.25, 0.3) is 0 Å². The number of halogens is 2. The Bertz CT molecular complexity index is 919. The van der Waals surface area contributed by atoms with Gasteiger partial charge in [-0.25, -0.2) is 9.98 Å². The lowest BCUT2D eigenvalue weighted by Crippen LogP contribution is -2.16. The highest BCUT2D eigenvalue weighted by molar-refractivity contribution is 6.31. The van der Waals surface area contributed by atoms with Crippen molar-refractivity contribution in [2.45, 2.75) is 5.50 Å². The van der Waals surface area contributed by atoms with E-state index in [4.69, 9.17) is 23.2 Å². The van der Waals surface area contributed by atoms with E-state index in [1.54, 1.807) is 6.21 Å². The lowest BCUT2D eigenvalue weighted by Gasteiger charge is -2.15. The van der Waals surface area contributed by atoms with Crippen LogP contribution in [-0.2, 0) is 0 Å². The quantitative estimate of drug-likeness (QED) is 0.447. The first-order valence-electron chi connectivity index (χ1n) is 7.35. The van der Waals surface area contributed by atoms with E-state index >= 15 is 0 Å². The molecule has 0 fully saturated rings. The summed E-state index contributed by atoms with van der Waals surface area (Å²) in [5.74, 6) is 1.48. The number of H-pyrrole nitrogens is 1. The topological polar surface area (TPSA) is 65.1 Å². The summed E-state index contributed by atoms with van der Waals surface area (Å²) in [7, 11) is 0. The zero-order valence-electron chi connectivity index (χ0n) is 12.4. The van der Waals surface area contributed by atoms with Gasteiger partial charge < -0.3 is 15.6 Å². The predicted molar refractivity (Wildman–Crippen MR) is 100 cm³/mol. The van der Waals surface area contributed by atoms with Gasteiger partial charge in [-0.2, -0.15) is 0 Å². The Kier molecular flexibility index (Phi) is 3.88. The van der Waals surface area contributed by atoms with E-state index in [0.717, 1.165) is 34.3 Å². The standard InChI is InChI=1S/C17H13Cl2N5/c18-10-3-1-4-11(7-10)22-15-6-2-5-13(23-15)12-8-20-17-16(12)24-14(19)9-21-17/h1-9,14,20,24H,(H,22,23). The lowest BCUT2D eigenvalue weighted by molar-refractivity contribution is 1.24. The van der Waals surface area contributed by atoms with E-state index < -0.39 is 0 Å². The summed E-state index contributed by atoms with van der Waals surface area (Å²) < 4.78 is 0. The summed E-state index contributed by atoms with van der Waals surface area (Å²) in [6, 6.07) is 13.3. The number of pyridine rings is 1. The number of fused-ring (bicyclic) bond motifs is 1. The van der Waals surface area contributed by atoms with Gasteiger partial charge in [-0.15, -0.1) is 0 Å². The molecule has 0 radical (unpaired) electrons. The summed E-state index contributed by atoms with van der Waals surface area (Å²) >= 11 is 12.1. The lowest BCUT2D eigenvalue weighted by atomic mass is 10.1. The molecule has 0 spiro atoms. The zero-order chi connectivity index (χ0) is 16.5. The first kappa shape index (κ1) is 15.1. The molecule has 5 nitrogen and oxygen atoms in total. The van der Waals surface area contributed by atoms with E-state index in [1.807, 2.05) is 48.7 Å². The highest BCUT2D eigenvalue weighted by Gasteiger charge is 2.19. The molecular formula is C17H13Cl2N5. The van der Waals surface area contributed by atoms with Crippen molar-refractivity contribution in [2.24, 2.45) is 4.99 Å². The maximum Gasteiger partial charge on any atom is 0.153 e. The van der Waals surface area contributed by atoms with Crippen molar-refractivity contribution < 1.29 is 0 Å². The highest BCUT2D eigenvalue weighted by atomic mass is 35.5. The Morgan fingerprint density at radius 3 is 2.88 bits per heavy atom. The molecule has 0 saturated heterocycles. The van der Waals surface area contributed by atoms with E-state index in [2.05, 4.69) is 25.6 Å². The third kappa shape index (κ3) is 2.96. The van der Waals surface area contributed by atoms with Crippen LogP contribution in [0.1, 0.15) is 0 Å². The molecule has 0 aliphatic carbocycles. The normalized spacial score (nSPS) is 15.7. The number of nitrogens with zero attached hydrogens (tertiary/aromatic N) is 2. The molecule has 1 aromatic carbocycles. The van der Waals surface area contributed by atoms with Crippen LogP contribution in [0.3, 0.4) is 0 Å². The maximum atomic E-state index is 6.09. The molecule has 0 saturated carbocycles. The number of aromatic amines is 1. The van der Waals surface area contributed by atoms with Crippen LogP contribution in [0.15, 0.2) is 53.7 Å². The number of hydrogen-bond donors (Lipinski definition) is 3. The first-order chi connectivity index (χ1) is 11.7. The molecule has 1 aliphatic rings. The third-order valence-electron chi connectivity index (χ3n) is 3.60. The molecule has 1 atom stereocenters. The molecule has 2 aromatic heterocycles. The van der Waals surface area contributed by atoms with Crippen molar-refractivity contribution >= 4 is 52.4 Å². The minimum absolute atomic E-state index is 0.334. The average Bonchev–Trinajstić information content (AvgIpc) is 2.98. The smallest absolute Gasteiger partial charge is 0.153 e. The minimum atomic E-state index is -0.334. The van der Waals surface area contributed by atoms with Gasteiger partial charge in [0.15, 0.2) is 5.82 Å². The molecule has 0 amide bonds. The number of hydrogen-bond acceptors (Lipinski definition) is 4. The van der Waals surface area contributed by atoms with Crippen LogP contribution in [0.4, 0.5) is 23.0 Å². The van der Waals surface area contributed by atoms with Crippen LogP contribution in [0.25, 0.3) is 11.3 Å².